The number of amides is 2. The van der Waals surface area contributed by atoms with Crippen LogP contribution in [-0.4, -0.2) is 63.7 Å². The van der Waals surface area contributed by atoms with Crippen LogP contribution in [0.2, 0.25) is 0 Å². The Balaban J connectivity index is 1.21. The van der Waals surface area contributed by atoms with Crippen molar-refractivity contribution in [1.82, 2.24) is 24.4 Å². The predicted molar refractivity (Wildman–Crippen MR) is 129 cm³/mol. The second kappa shape index (κ2) is 9.30. The zero-order valence-corrected chi connectivity index (χ0v) is 19.6. The van der Waals surface area contributed by atoms with Gasteiger partial charge in [-0.2, -0.15) is 9.61 Å². The van der Waals surface area contributed by atoms with Gasteiger partial charge in [-0.1, -0.05) is 23.5 Å². The number of hydrogen-bond acceptors (Lipinski definition) is 8. The molecule has 0 saturated carbocycles. The van der Waals surface area contributed by atoms with Crippen LogP contribution in [0.5, 0.6) is 5.75 Å². The average Bonchev–Trinajstić information content (AvgIpc) is 3.50. The molecule has 4 aromatic rings. The van der Waals surface area contributed by atoms with Crippen LogP contribution < -0.4 is 15.6 Å². The molecular weight excluding hydrogens is 460 g/mol. The number of methoxy groups -OCH3 is 1. The fraction of sp³-hybridized carbons (Fsp3) is 0.273. The zero-order valence-electron chi connectivity index (χ0n) is 17.9. The van der Waals surface area contributed by atoms with Crippen LogP contribution in [0.3, 0.4) is 0 Å². The van der Waals surface area contributed by atoms with Crippen LogP contribution in [0.4, 0.5) is 10.5 Å². The number of aromatic nitrogens is 3. The van der Waals surface area contributed by atoms with Crippen LogP contribution in [0.15, 0.2) is 52.6 Å². The van der Waals surface area contributed by atoms with Crippen LogP contribution in [-0.2, 0) is 6.54 Å². The fourth-order valence-electron chi connectivity index (χ4n) is 3.68. The first-order valence-corrected chi connectivity index (χ1v) is 12.1. The van der Waals surface area contributed by atoms with Gasteiger partial charge in [-0.05, 0) is 23.6 Å². The number of nitrogens with one attached hydrogen (secondary N) is 1. The molecule has 11 heteroatoms. The number of rotatable bonds is 5. The van der Waals surface area contributed by atoms with E-state index in [2.05, 4.69) is 20.3 Å². The number of thiophene rings is 1. The van der Waals surface area contributed by atoms with Gasteiger partial charge in [-0.25, -0.2) is 9.78 Å². The third kappa shape index (κ3) is 4.75. The Bertz CT molecular complexity index is 1330. The fourth-order valence-corrected chi connectivity index (χ4v) is 5.39. The number of nitrogens with zero attached hydrogens (tertiary/aromatic N) is 5. The van der Waals surface area contributed by atoms with Crippen molar-refractivity contribution < 1.29 is 9.53 Å². The summed E-state index contributed by atoms with van der Waals surface area (Å²) in [6.45, 7) is 3.16. The van der Waals surface area contributed by atoms with E-state index in [9.17, 15) is 9.59 Å². The molecule has 1 aromatic carbocycles. The topological polar surface area (TPSA) is 92.1 Å². The highest BCUT2D eigenvalue weighted by atomic mass is 32.1. The predicted octanol–water partition coefficient (Wildman–Crippen LogP) is 3.24. The van der Waals surface area contributed by atoms with Crippen molar-refractivity contribution in [2.75, 3.05) is 38.6 Å². The molecule has 3 aromatic heterocycles. The Morgan fingerprint density at radius 3 is 2.76 bits per heavy atom. The molecule has 0 radical (unpaired) electrons. The Morgan fingerprint density at radius 1 is 1.15 bits per heavy atom. The number of hydrogen-bond donors (Lipinski definition) is 1. The molecule has 1 aliphatic rings. The first-order chi connectivity index (χ1) is 16.1. The SMILES string of the molecule is COc1cccc(NC(=O)N2CCN(Cc3cc(=O)n4nc(-c5cccs5)sc4n3)CC2)c1. The van der Waals surface area contributed by atoms with Gasteiger partial charge < -0.3 is 15.0 Å². The lowest BCUT2D eigenvalue weighted by Gasteiger charge is -2.34. The molecule has 1 aliphatic heterocycles. The van der Waals surface area contributed by atoms with E-state index in [0.717, 1.165) is 15.6 Å². The summed E-state index contributed by atoms with van der Waals surface area (Å²) in [4.78, 5) is 35.5. The minimum absolute atomic E-state index is 0.133. The van der Waals surface area contributed by atoms with E-state index in [0.29, 0.717) is 49.1 Å². The molecule has 2 amide bonds. The maximum atomic E-state index is 12.6. The van der Waals surface area contributed by atoms with E-state index in [1.807, 2.05) is 35.7 Å². The number of urea groups is 1. The van der Waals surface area contributed by atoms with Crippen molar-refractivity contribution in [2.24, 2.45) is 0 Å². The van der Waals surface area contributed by atoms with Crippen molar-refractivity contribution in [2.45, 2.75) is 6.54 Å². The molecule has 0 unspecified atom stereocenters. The zero-order chi connectivity index (χ0) is 22.8. The highest BCUT2D eigenvalue weighted by Gasteiger charge is 2.22. The molecule has 0 atom stereocenters. The Kier molecular flexibility index (Phi) is 6.07. The van der Waals surface area contributed by atoms with Crippen LogP contribution in [0.25, 0.3) is 14.8 Å². The number of piperazine rings is 1. The molecule has 1 N–H and O–H groups in total. The summed E-state index contributed by atoms with van der Waals surface area (Å²) in [6, 6.07) is 12.7. The first kappa shape index (κ1) is 21.6. The van der Waals surface area contributed by atoms with Gasteiger partial charge in [0.2, 0.25) is 4.96 Å². The Labute approximate surface area is 197 Å². The number of carbonyl (C=O) groups is 1. The van der Waals surface area contributed by atoms with Crippen molar-refractivity contribution in [3.63, 3.8) is 0 Å². The quantitative estimate of drug-likeness (QED) is 0.470. The highest BCUT2D eigenvalue weighted by molar-refractivity contribution is 7.23. The van der Waals surface area contributed by atoms with Gasteiger partial charge >= 0.3 is 6.03 Å². The molecule has 4 heterocycles. The minimum atomic E-state index is -0.176. The number of ether oxygens (including phenoxy) is 1. The third-order valence-electron chi connectivity index (χ3n) is 5.40. The van der Waals surface area contributed by atoms with Gasteiger partial charge in [0.1, 0.15) is 5.75 Å². The highest BCUT2D eigenvalue weighted by Crippen LogP contribution is 2.28. The summed E-state index contributed by atoms with van der Waals surface area (Å²) >= 11 is 3.00. The molecule has 0 spiro atoms. The second-order valence-corrected chi connectivity index (χ2v) is 9.49. The summed E-state index contributed by atoms with van der Waals surface area (Å²) < 4.78 is 6.57. The molecule has 33 heavy (non-hydrogen) atoms. The van der Waals surface area contributed by atoms with Gasteiger partial charge in [0.05, 0.1) is 17.7 Å². The van der Waals surface area contributed by atoms with Crippen molar-refractivity contribution in [3.05, 3.63) is 63.9 Å². The summed E-state index contributed by atoms with van der Waals surface area (Å²) in [6.07, 6.45) is 0. The van der Waals surface area contributed by atoms with Gasteiger partial charge in [0.15, 0.2) is 5.01 Å². The lowest BCUT2D eigenvalue weighted by molar-refractivity contribution is 0.142. The van der Waals surface area contributed by atoms with Gasteiger partial charge in [0.25, 0.3) is 5.56 Å². The number of fused-ring (bicyclic) bond motifs is 1. The lowest BCUT2D eigenvalue weighted by atomic mass is 10.3. The molecule has 5 rings (SSSR count). The largest absolute Gasteiger partial charge is 0.497 e. The van der Waals surface area contributed by atoms with Gasteiger partial charge in [-0.3, -0.25) is 9.69 Å². The lowest BCUT2D eigenvalue weighted by Crippen LogP contribution is -2.49. The van der Waals surface area contributed by atoms with Crippen molar-refractivity contribution >= 4 is 39.4 Å². The van der Waals surface area contributed by atoms with Crippen LogP contribution >= 0.6 is 22.7 Å². The Hall–Kier alpha value is -3.28. The minimum Gasteiger partial charge on any atom is -0.497 e. The molecule has 170 valence electrons. The third-order valence-corrected chi connectivity index (χ3v) is 7.34. The molecule has 9 nitrogen and oxygen atoms in total. The average molecular weight is 483 g/mol. The standard InChI is InChI=1S/C22H22N6O3S2/c1-31-17-5-2-4-15(12-17)23-21(30)27-9-7-26(8-10-27)14-16-13-19(29)28-22(24-16)33-20(25-28)18-6-3-11-32-18/h2-6,11-13H,7-10,14H2,1H3,(H,23,30). The maximum absolute atomic E-state index is 12.6. The van der Waals surface area contributed by atoms with Gasteiger partial charge in [-0.15, -0.1) is 11.3 Å². The summed E-state index contributed by atoms with van der Waals surface area (Å²) in [5, 5.41) is 10.1. The molecular formula is C22H22N6O3S2. The van der Waals surface area contributed by atoms with E-state index < -0.39 is 0 Å². The van der Waals surface area contributed by atoms with E-state index >= 15 is 0 Å². The van der Waals surface area contributed by atoms with Crippen LogP contribution in [0.1, 0.15) is 5.69 Å². The summed E-state index contributed by atoms with van der Waals surface area (Å²) in [5.41, 5.74) is 1.24. The molecule has 0 bridgehead atoms. The monoisotopic (exact) mass is 482 g/mol. The summed E-state index contributed by atoms with van der Waals surface area (Å²) in [7, 11) is 1.60. The normalized spacial score (nSPS) is 14.5. The molecule has 1 fully saturated rings. The summed E-state index contributed by atoms with van der Waals surface area (Å²) in [5.74, 6) is 0.696. The van der Waals surface area contributed by atoms with Crippen LogP contribution in [0, 0.1) is 0 Å². The van der Waals surface area contributed by atoms with E-state index in [4.69, 9.17) is 4.74 Å². The second-order valence-electron chi connectivity index (χ2n) is 7.59. The van der Waals surface area contributed by atoms with Gasteiger partial charge in [0, 0.05) is 50.5 Å². The van der Waals surface area contributed by atoms with E-state index in [1.54, 1.807) is 35.5 Å². The molecule has 1 saturated heterocycles. The van der Waals surface area contributed by atoms with Crippen molar-refractivity contribution in [3.8, 4) is 15.6 Å². The number of anilines is 1. The number of benzene rings is 1. The molecule has 0 aliphatic carbocycles. The number of carbonyl (C=O) groups excluding carboxylic acids is 1. The van der Waals surface area contributed by atoms with Crippen molar-refractivity contribution in [1.29, 1.82) is 0 Å². The van der Waals surface area contributed by atoms with E-state index in [1.165, 1.54) is 15.9 Å². The maximum Gasteiger partial charge on any atom is 0.321 e. The Morgan fingerprint density at radius 2 is 2.00 bits per heavy atom. The smallest absolute Gasteiger partial charge is 0.321 e. The van der Waals surface area contributed by atoms with E-state index in [-0.39, 0.29) is 11.6 Å². The first-order valence-electron chi connectivity index (χ1n) is 10.4.